The van der Waals surface area contributed by atoms with E-state index in [2.05, 4.69) is 5.10 Å². The summed E-state index contributed by atoms with van der Waals surface area (Å²) in [4.78, 5) is 0. The molecule has 0 aliphatic heterocycles. The molecule has 5 heteroatoms. The highest BCUT2D eigenvalue weighted by atomic mass is 35.5. The minimum Gasteiger partial charge on any atom is -0.267 e. The SMILES string of the molecule is Cn1ncc(CCl)c1C(F)F. The third-order valence-electron chi connectivity index (χ3n) is 1.42. The molecule has 1 aromatic rings. The Labute approximate surface area is 67.8 Å². The van der Waals surface area contributed by atoms with Gasteiger partial charge in [-0.3, -0.25) is 4.68 Å². The molecule has 11 heavy (non-hydrogen) atoms. The zero-order valence-corrected chi connectivity index (χ0v) is 6.65. The highest BCUT2D eigenvalue weighted by Crippen LogP contribution is 2.22. The Morgan fingerprint density at radius 1 is 1.73 bits per heavy atom. The summed E-state index contributed by atoms with van der Waals surface area (Å²) in [5.74, 6) is 0.0769. The number of hydrogen-bond acceptors (Lipinski definition) is 1. The molecule has 0 amide bonds. The Morgan fingerprint density at radius 2 is 2.36 bits per heavy atom. The summed E-state index contributed by atoms with van der Waals surface area (Å²) in [7, 11) is 1.47. The van der Waals surface area contributed by atoms with E-state index in [1.165, 1.54) is 13.2 Å². The Morgan fingerprint density at radius 3 is 2.73 bits per heavy atom. The van der Waals surface area contributed by atoms with Crippen LogP contribution in [-0.2, 0) is 12.9 Å². The zero-order chi connectivity index (χ0) is 8.43. The van der Waals surface area contributed by atoms with Crippen LogP contribution >= 0.6 is 11.6 Å². The van der Waals surface area contributed by atoms with Crippen LogP contribution in [-0.4, -0.2) is 9.78 Å². The second kappa shape index (κ2) is 3.17. The zero-order valence-electron chi connectivity index (χ0n) is 5.89. The van der Waals surface area contributed by atoms with Crippen molar-refractivity contribution in [2.24, 2.45) is 7.05 Å². The number of aromatic nitrogens is 2. The van der Waals surface area contributed by atoms with E-state index in [4.69, 9.17) is 11.6 Å². The lowest BCUT2D eigenvalue weighted by atomic mass is 10.3. The van der Waals surface area contributed by atoms with Crippen LogP contribution in [0.5, 0.6) is 0 Å². The molecule has 1 rings (SSSR count). The summed E-state index contributed by atoms with van der Waals surface area (Å²) in [6.07, 6.45) is -1.15. The quantitative estimate of drug-likeness (QED) is 0.638. The van der Waals surface area contributed by atoms with Gasteiger partial charge in [-0.25, -0.2) is 8.78 Å². The summed E-state index contributed by atoms with van der Waals surface area (Å²) in [6.45, 7) is 0. The summed E-state index contributed by atoms with van der Waals surface area (Å²) in [5.41, 5.74) is 0.296. The molecule has 0 bridgehead atoms. The molecule has 0 aliphatic carbocycles. The van der Waals surface area contributed by atoms with Crippen LogP contribution in [0.3, 0.4) is 0 Å². The van der Waals surface area contributed by atoms with Crippen LogP contribution < -0.4 is 0 Å². The smallest absolute Gasteiger partial charge is 0.267 e. The lowest BCUT2D eigenvalue weighted by molar-refractivity contribution is 0.140. The number of nitrogens with zero attached hydrogens (tertiary/aromatic N) is 2. The third kappa shape index (κ3) is 1.50. The van der Waals surface area contributed by atoms with Gasteiger partial charge in [-0.1, -0.05) is 0 Å². The van der Waals surface area contributed by atoms with Crippen molar-refractivity contribution in [3.05, 3.63) is 17.5 Å². The Hall–Kier alpha value is -0.640. The van der Waals surface area contributed by atoms with Gasteiger partial charge in [-0.15, -0.1) is 11.6 Å². The molecule has 2 nitrogen and oxygen atoms in total. The molecule has 0 radical (unpaired) electrons. The molecule has 0 N–H and O–H groups in total. The number of rotatable bonds is 2. The second-order valence-electron chi connectivity index (χ2n) is 2.11. The highest BCUT2D eigenvalue weighted by molar-refractivity contribution is 6.17. The Bertz CT molecular complexity index is 247. The van der Waals surface area contributed by atoms with E-state index < -0.39 is 6.43 Å². The van der Waals surface area contributed by atoms with Crippen LogP contribution in [0.2, 0.25) is 0 Å². The van der Waals surface area contributed by atoms with Crippen molar-refractivity contribution in [3.63, 3.8) is 0 Å². The number of halogens is 3. The van der Waals surface area contributed by atoms with Gasteiger partial charge in [0.2, 0.25) is 0 Å². The van der Waals surface area contributed by atoms with Crippen molar-refractivity contribution in [2.45, 2.75) is 12.3 Å². The van der Waals surface area contributed by atoms with E-state index in [-0.39, 0.29) is 11.6 Å². The van der Waals surface area contributed by atoms with E-state index in [0.717, 1.165) is 4.68 Å². The largest absolute Gasteiger partial charge is 0.280 e. The molecule has 1 aromatic heterocycles. The lowest BCUT2D eigenvalue weighted by Crippen LogP contribution is -1.99. The van der Waals surface area contributed by atoms with E-state index >= 15 is 0 Å². The maximum absolute atomic E-state index is 12.2. The summed E-state index contributed by atoms with van der Waals surface area (Å²) >= 11 is 5.40. The molecule has 0 atom stereocenters. The molecular weight excluding hydrogens is 174 g/mol. The van der Waals surface area contributed by atoms with Gasteiger partial charge in [0, 0.05) is 12.6 Å². The molecule has 0 fully saturated rings. The summed E-state index contributed by atoms with van der Waals surface area (Å²) in [6, 6.07) is 0. The van der Waals surface area contributed by atoms with E-state index in [9.17, 15) is 8.78 Å². The molecule has 0 spiro atoms. The fourth-order valence-electron chi connectivity index (χ4n) is 0.877. The third-order valence-corrected chi connectivity index (χ3v) is 1.70. The first-order valence-corrected chi connectivity index (χ1v) is 3.55. The molecule has 0 saturated heterocycles. The molecule has 1 heterocycles. The monoisotopic (exact) mass is 180 g/mol. The molecule has 0 unspecified atom stereocenters. The van der Waals surface area contributed by atoms with Crippen molar-refractivity contribution >= 4 is 11.6 Å². The predicted molar refractivity (Wildman–Crippen MR) is 37.7 cm³/mol. The van der Waals surface area contributed by atoms with Gasteiger partial charge in [0.05, 0.1) is 12.1 Å². The lowest BCUT2D eigenvalue weighted by Gasteiger charge is -2.00. The van der Waals surface area contributed by atoms with Crippen molar-refractivity contribution in [3.8, 4) is 0 Å². The van der Waals surface area contributed by atoms with E-state index in [1.54, 1.807) is 0 Å². The van der Waals surface area contributed by atoms with Crippen LogP contribution in [0.4, 0.5) is 8.78 Å². The van der Waals surface area contributed by atoms with Gasteiger partial charge >= 0.3 is 0 Å². The summed E-state index contributed by atoms with van der Waals surface area (Å²) < 4.78 is 25.5. The minimum absolute atomic E-state index is 0.0769. The average molecular weight is 181 g/mol. The molecule has 62 valence electrons. The average Bonchev–Trinajstić information content (AvgIpc) is 2.30. The molecule has 0 saturated carbocycles. The molecule has 0 aromatic carbocycles. The van der Waals surface area contributed by atoms with Gasteiger partial charge in [0.25, 0.3) is 6.43 Å². The molecular formula is C6H7ClF2N2. The number of hydrogen-bond donors (Lipinski definition) is 0. The normalized spacial score (nSPS) is 11.0. The van der Waals surface area contributed by atoms with Crippen LogP contribution in [0.15, 0.2) is 6.20 Å². The van der Waals surface area contributed by atoms with Gasteiger partial charge in [-0.2, -0.15) is 5.10 Å². The van der Waals surface area contributed by atoms with Gasteiger partial charge in [-0.05, 0) is 0 Å². The number of alkyl halides is 3. The van der Waals surface area contributed by atoms with Crippen molar-refractivity contribution < 1.29 is 8.78 Å². The Kier molecular flexibility index (Phi) is 2.44. The van der Waals surface area contributed by atoms with Crippen molar-refractivity contribution in [1.82, 2.24) is 9.78 Å². The first kappa shape index (κ1) is 8.46. The van der Waals surface area contributed by atoms with E-state index in [0.29, 0.717) is 5.56 Å². The van der Waals surface area contributed by atoms with Crippen LogP contribution in [0.1, 0.15) is 17.7 Å². The van der Waals surface area contributed by atoms with E-state index in [1.807, 2.05) is 0 Å². The predicted octanol–water partition coefficient (Wildman–Crippen LogP) is 2.10. The first-order valence-electron chi connectivity index (χ1n) is 3.01. The molecule has 0 aliphatic rings. The van der Waals surface area contributed by atoms with Gasteiger partial charge in [0.15, 0.2) is 0 Å². The van der Waals surface area contributed by atoms with Crippen LogP contribution in [0.25, 0.3) is 0 Å². The maximum Gasteiger partial charge on any atom is 0.280 e. The highest BCUT2D eigenvalue weighted by Gasteiger charge is 2.16. The van der Waals surface area contributed by atoms with Crippen molar-refractivity contribution in [1.29, 1.82) is 0 Å². The summed E-state index contributed by atoms with van der Waals surface area (Å²) in [5, 5.41) is 3.66. The topological polar surface area (TPSA) is 17.8 Å². The maximum atomic E-state index is 12.2. The van der Waals surface area contributed by atoms with Gasteiger partial charge < -0.3 is 0 Å². The first-order chi connectivity index (χ1) is 5.16. The van der Waals surface area contributed by atoms with Gasteiger partial charge in [0.1, 0.15) is 5.69 Å². The van der Waals surface area contributed by atoms with Crippen LogP contribution in [0, 0.1) is 0 Å². The van der Waals surface area contributed by atoms with Crippen molar-refractivity contribution in [2.75, 3.05) is 0 Å². The number of aryl methyl sites for hydroxylation is 1. The fraction of sp³-hybridized carbons (Fsp3) is 0.500. The second-order valence-corrected chi connectivity index (χ2v) is 2.38. The Balaban J connectivity index is 3.07. The minimum atomic E-state index is -2.50. The standard InChI is InChI=1S/C6H7ClF2N2/c1-11-5(6(8)9)4(2-7)3-10-11/h3,6H,2H2,1H3. The fourth-order valence-corrected chi connectivity index (χ4v) is 1.08.